The Bertz CT molecular complexity index is 1200. The van der Waals surface area contributed by atoms with E-state index in [4.69, 9.17) is 4.74 Å². The van der Waals surface area contributed by atoms with E-state index >= 15 is 0 Å². The van der Waals surface area contributed by atoms with Gasteiger partial charge < -0.3 is 30.1 Å². The van der Waals surface area contributed by atoms with Crippen LogP contribution in [0.1, 0.15) is 48.8 Å². The van der Waals surface area contributed by atoms with E-state index in [1.807, 2.05) is 36.4 Å². The fourth-order valence-corrected chi connectivity index (χ4v) is 7.94. The number of quaternary nitrogens is 1. The van der Waals surface area contributed by atoms with Crippen molar-refractivity contribution in [3.05, 3.63) is 64.4 Å². The van der Waals surface area contributed by atoms with Crippen LogP contribution in [0, 0.1) is 11.1 Å². The number of piperidine rings is 1. The minimum atomic E-state index is -1.22. The summed E-state index contributed by atoms with van der Waals surface area (Å²) in [6.45, 7) is 1.01. The van der Waals surface area contributed by atoms with Crippen molar-refractivity contribution in [1.29, 1.82) is 0 Å². The molecule has 7 nitrogen and oxygen atoms in total. The Morgan fingerprint density at radius 2 is 1.94 bits per heavy atom. The summed E-state index contributed by atoms with van der Waals surface area (Å²) >= 11 is 0. The molecular formula is C28H32N2O5. The van der Waals surface area contributed by atoms with Gasteiger partial charge in [0.05, 0.1) is 31.0 Å². The van der Waals surface area contributed by atoms with Crippen molar-refractivity contribution in [3.8, 4) is 11.5 Å². The number of carbonyl (C=O) groups excluding carboxylic acids is 1. The number of likely N-dealkylation sites (tertiary alicyclic amines) is 1. The second-order valence-electron chi connectivity index (χ2n) is 11.5. The molecule has 3 N–H and O–H groups in total. The largest absolute Gasteiger partial charge is 0.632 e. The zero-order valence-corrected chi connectivity index (χ0v) is 19.8. The maximum Gasteiger partial charge on any atom is 0.224 e. The first-order chi connectivity index (χ1) is 16.8. The van der Waals surface area contributed by atoms with Gasteiger partial charge in [-0.1, -0.05) is 36.4 Å². The number of hydroxylamine groups is 3. The van der Waals surface area contributed by atoms with Crippen LogP contribution in [-0.2, 0) is 23.1 Å². The fraction of sp³-hybridized carbons (Fsp3) is 0.536. The number of hydrogen-bond donors (Lipinski definition) is 3. The molecular weight excluding hydrogens is 444 g/mol. The highest BCUT2D eigenvalue weighted by Gasteiger charge is 2.76. The molecule has 6 atom stereocenters. The Labute approximate surface area is 204 Å². The number of amides is 1. The van der Waals surface area contributed by atoms with Gasteiger partial charge >= 0.3 is 0 Å². The van der Waals surface area contributed by atoms with E-state index < -0.39 is 23.2 Å². The van der Waals surface area contributed by atoms with Crippen LogP contribution < -0.4 is 10.1 Å². The van der Waals surface area contributed by atoms with Crippen molar-refractivity contribution in [1.82, 2.24) is 5.32 Å². The number of carbonyl (C=O) groups is 1. The van der Waals surface area contributed by atoms with E-state index in [2.05, 4.69) is 5.32 Å². The SMILES string of the molecule is O=C(Cc1ccccc1)N[C@@H]1CC[C@@]2(O)[C@H]3Cc4ccc(O)c5c4C2(CC[N+]3([O-])CC2CC2)[C@H]1O5. The molecule has 35 heavy (non-hydrogen) atoms. The quantitative estimate of drug-likeness (QED) is 0.455. The van der Waals surface area contributed by atoms with Gasteiger partial charge in [-0.05, 0) is 42.9 Å². The van der Waals surface area contributed by atoms with Crippen molar-refractivity contribution in [3.63, 3.8) is 0 Å². The first-order valence-electron chi connectivity index (χ1n) is 13.0. The zero-order chi connectivity index (χ0) is 24.0. The Morgan fingerprint density at radius 3 is 2.71 bits per heavy atom. The lowest BCUT2D eigenvalue weighted by atomic mass is 9.48. The smallest absolute Gasteiger partial charge is 0.224 e. The van der Waals surface area contributed by atoms with E-state index in [-0.39, 0.29) is 28.8 Å². The molecule has 2 saturated carbocycles. The van der Waals surface area contributed by atoms with Crippen LogP contribution in [0.15, 0.2) is 42.5 Å². The second kappa shape index (κ2) is 7.21. The number of benzene rings is 2. The van der Waals surface area contributed by atoms with Crippen molar-refractivity contribution < 1.29 is 24.4 Å². The summed E-state index contributed by atoms with van der Waals surface area (Å²) in [5, 5.41) is 40.6. The number of nitrogens with zero attached hydrogens (tertiary/aromatic N) is 1. The third-order valence-corrected chi connectivity index (χ3v) is 9.61. The predicted octanol–water partition coefficient (Wildman–Crippen LogP) is 2.70. The van der Waals surface area contributed by atoms with E-state index in [0.717, 1.165) is 29.5 Å². The van der Waals surface area contributed by atoms with E-state index in [1.54, 1.807) is 6.07 Å². The van der Waals surface area contributed by atoms with Crippen LogP contribution in [0.25, 0.3) is 0 Å². The summed E-state index contributed by atoms with van der Waals surface area (Å²) < 4.78 is 6.13. The molecule has 0 radical (unpaired) electrons. The highest BCUT2D eigenvalue weighted by molar-refractivity contribution is 5.79. The molecule has 2 unspecified atom stereocenters. The highest BCUT2D eigenvalue weighted by Crippen LogP contribution is 2.66. The van der Waals surface area contributed by atoms with Crippen LogP contribution in [0.2, 0.25) is 0 Å². The van der Waals surface area contributed by atoms with Gasteiger partial charge in [0.15, 0.2) is 11.5 Å². The molecule has 2 aromatic rings. The van der Waals surface area contributed by atoms with Crippen molar-refractivity contribution in [2.45, 2.75) is 74.1 Å². The molecule has 5 aliphatic rings. The molecule has 3 fully saturated rings. The molecule has 2 heterocycles. The second-order valence-corrected chi connectivity index (χ2v) is 11.5. The molecule has 7 heteroatoms. The van der Waals surface area contributed by atoms with Crippen molar-refractivity contribution in [2.24, 2.45) is 5.92 Å². The first-order valence-corrected chi connectivity index (χ1v) is 13.0. The van der Waals surface area contributed by atoms with Gasteiger partial charge in [0.25, 0.3) is 0 Å². The zero-order valence-electron chi connectivity index (χ0n) is 19.8. The Morgan fingerprint density at radius 1 is 1.14 bits per heavy atom. The van der Waals surface area contributed by atoms with E-state index in [9.17, 15) is 20.2 Å². The topological polar surface area (TPSA) is 102 Å². The molecule has 1 amide bonds. The average molecular weight is 477 g/mol. The predicted molar refractivity (Wildman–Crippen MR) is 129 cm³/mol. The molecule has 2 bridgehead atoms. The number of ether oxygens (including phenoxy) is 1. The Hall–Kier alpha value is -2.61. The van der Waals surface area contributed by atoms with Gasteiger partial charge in [0.2, 0.25) is 5.91 Å². The summed E-state index contributed by atoms with van der Waals surface area (Å²) in [5.74, 6) is 0.875. The lowest BCUT2D eigenvalue weighted by Gasteiger charge is -2.68. The molecule has 1 spiro atoms. The van der Waals surface area contributed by atoms with Crippen molar-refractivity contribution >= 4 is 5.91 Å². The standard InChI is InChI=1S/C28H32N2O5/c31-21-9-8-19-15-22-28(33)11-10-20(29-23(32)14-17-4-2-1-3-5-17)26-27(28,24(19)25(21)35-26)12-13-30(22,34)16-18-6-7-18/h1-5,8-9,18,20,22,26,31,33H,6-7,10-16H2,(H,29,32)/t20-,22-,26+,27?,28-,30?/m1/s1. The molecule has 3 aliphatic carbocycles. The number of aromatic hydroxyl groups is 1. The number of nitrogens with one attached hydrogen (secondary N) is 1. The van der Waals surface area contributed by atoms with Crippen LogP contribution in [-0.4, -0.2) is 57.6 Å². The van der Waals surface area contributed by atoms with Crippen LogP contribution >= 0.6 is 0 Å². The molecule has 2 aliphatic heterocycles. The molecule has 0 aromatic heterocycles. The normalized spacial score (nSPS) is 38.4. The highest BCUT2D eigenvalue weighted by atomic mass is 16.6. The van der Waals surface area contributed by atoms with Crippen LogP contribution in [0.4, 0.5) is 0 Å². The molecule has 184 valence electrons. The summed E-state index contributed by atoms with van der Waals surface area (Å²) in [5.41, 5.74) is 0.799. The fourth-order valence-electron chi connectivity index (χ4n) is 7.94. The minimum absolute atomic E-state index is 0.0640. The molecule has 7 rings (SSSR count). The number of phenols is 1. The van der Waals surface area contributed by atoms with Gasteiger partial charge in [-0.2, -0.15) is 0 Å². The average Bonchev–Trinajstić information content (AvgIpc) is 3.56. The molecule has 1 saturated heterocycles. The summed E-state index contributed by atoms with van der Waals surface area (Å²) in [7, 11) is 0. The Balaban J connectivity index is 1.27. The lowest BCUT2D eigenvalue weighted by Crippen LogP contribution is -2.81. The van der Waals surface area contributed by atoms with E-state index in [1.165, 1.54) is 0 Å². The van der Waals surface area contributed by atoms with Gasteiger partial charge in [0, 0.05) is 24.3 Å². The maximum absolute atomic E-state index is 14.3. The Kier molecular flexibility index (Phi) is 4.46. The van der Waals surface area contributed by atoms with E-state index in [0.29, 0.717) is 50.4 Å². The van der Waals surface area contributed by atoms with Crippen molar-refractivity contribution in [2.75, 3.05) is 13.1 Å². The number of phenolic OH excluding ortho intramolecular Hbond substituents is 1. The minimum Gasteiger partial charge on any atom is -0.632 e. The van der Waals surface area contributed by atoms with Crippen LogP contribution in [0.3, 0.4) is 0 Å². The van der Waals surface area contributed by atoms with Gasteiger partial charge in [-0.25, -0.2) is 0 Å². The maximum atomic E-state index is 14.3. The van der Waals surface area contributed by atoms with Gasteiger partial charge in [0.1, 0.15) is 17.7 Å². The van der Waals surface area contributed by atoms with Crippen LogP contribution in [0.5, 0.6) is 11.5 Å². The molecule has 2 aromatic carbocycles. The number of rotatable bonds is 5. The summed E-state index contributed by atoms with van der Waals surface area (Å²) in [6, 6.07) is 12.4. The monoisotopic (exact) mass is 476 g/mol. The van der Waals surface area contributed by atoms with Gasteiger partial charge in [-0.3, -0.25) is 4.79 Å². The van der Waals surface area contributed by atoms with Gasteiger partial charge in [-0.15, -0.1) is 0 Å². The first kappa shape index (κ1) is 21.7. The summed E-state index contributed by atoms with van der Waals surface area (Å²) in [6.07, 6.45) is 3.94. The number of hydrogen-bond acceptors (Lipinski definition) is 5. The third-order valence-electron chi connectivity index (χ3n) is 9.61. The lowest BCUT2D eigenvalue weighted by molar-refractivity contribution is -0.924. The third kappa shape index (κ3) is 2.92. The number of aliphatic hydroxyl groups is 1. The summed E-state index contributed by atoms with van der Waals surface area (Å²) in [4.78, 5) is 13.0.